The summed E-state index contributed by atoms with van der Waals surface area (Å²) in [6, 6.07) is 13.5. The number of nitrogens with zero attached hydrogens (tertiary/aromatic N) is 1. The lowest BCUT2D eigenvalue weighted by Gasteiger charge is -1.94. The molecule has 0 amide bonds. The van der Waals surface area contributed by atoms with Crippen molar-refractivity contribution >= 4 is 38.6 Å². The van der Waals surface area contributed by atoms with Crippen LogP contribution >= 0.6 is 27.5 Å². The number of hydrogen-bond donors (Lipinski definition) is 0. The average molecular weight is 323 g/mol. The summed E-state index contributed by atoms with van der Waals surface area (Å²) in [6.07, 6.45) is 0. The molecular formula is C14H9BrClNO. The summed E-state index contributed by atoms with van der Waals surface area (Å²) >= 11 is 9.39. The van der Waals surface area contributed by atoms with Crippen molar-refractivity contribution in [1.82, 2.24) is 4.98 Å². The van der Waals surface area contributed by atoms with E-state index in [9.17, 15) is 0 Å². The highest BCUT2D eigenvalue weighted by Gasteiger charge is 2.08. The van der Waals surface area contributed by atoms with Crippen LogP contribution in [0.25, 0.3) is 22.6 Å². The minimum Gasteiger partial charge on any atom is -0.436 e. The van der Waals surface area contributed by atoms with E-state index in [1.807, 2.05) is 42.5 Å². The Bertz CT molecular complexity index is 708. The third-order valence-electron chi connectivity index (χ3n) is 2.68. The predicted molar refractivity (Wildman–Crippen MR) is 77.1 cm³/mol. The fourth-order valence-electron chi connectivity index (χ4n) is 1.80. The summed E-state index contributed by atoms with van der Waals surface area (Å²) in [5.74, 6) is 0.597. The van der Waals surface area contributed by atoms with Crippen LogP contribution in [0.1, 0.15) is 5.56 Å². The molecule has 18 heavy (non-hydrogen) atoms. The SMILES string of the molecule is Clc1cccc(-c2nc3cc(CBr)ccc3o2)c1. The fourth-order valence-corrected chi connectivity index (χ4v) is 2.34. The van der Waals surface area contributed by atoms with E-state index in [1.165, 1.54) is 5.56 Å². The van der Waals surface area contributed by atoms with Crippen molar-refractivity contribution in [1.29, 1.82) is 0 Å². The first-order chi connectivity index (χ1) is 8.76. The summed E-state index contributed by atoms with van der Waals surface area (Å²) in [5, 5.41) is 1.48. The molecule has 90 valence electrons. The van der Waals surface area contributed by atoms with Gasteiger partial charge in [0, 0.05) is 15.9 Å². The minimum atomic E-state index is 0.597. The third kappa shape index (κ3) is 2.16. The van der Waals surface area contributed by atoms with Crippen LogP contribution in [0, 0.1) is 0 Å². The Labute approximate surface area is 118 Å². The molecule has 1 heterocycles. The number of oxazole rings is 1. The van der Waals surface area contributed by atoms with Crippen molar-refractivity contribution in [3.05, 3.63) is 53.1 Å². The lowest BCUT2D eigenvalue weighted by atomic mass is 10.2. The molecule has 0 N–H and O–H groups in total. The first-order valence-electron chi connectivity index (χ1n) is 5.47. The highest BCUT2D eigenvalue weighted by molar-refractivity contribution is 9.08. The van der Waals surface area contributed by atoms with Crippen molar-refractivity contribution in [2.24, 2.45) is 0 Å². The van der Waals surface area contributed by atoms with Gasteiger partial charge < -0.3 is 4.42 Å². The topological polar surface area (TPSA) is 26.0 Å². The highest BCUT2D eigenvalue weighted by atomic mass is 79.9. The smallest absolute Gasteiger partial charge is 0.227 e. The van der Waals surface area contributed by atoms with Gasteiger partial charge in [0.05, 0.1) is 0 Å². The molecule has 0 radical (unpaired) electrons. The van der Waals surface area contributed by atoms with Crippen molar-refractivity contribution in [3.63, 3.8) is 0 Å². The summed E-state index contributed by atoms with van der Waals surface area (Å²) in [7, 11) is 0. The van der Waals surface area contributed by atoms with Crippen molar-refractivity contribution in [2.75, 3.05) is 0 Å². The number of halogens is 2. The van der Waals surface area contributed by atoms with E-state index < -0.39 is 0 Å². The number of fused-ring (bicyclic) bond motifs is 1. The Balaban J connectivity index is 2.13. The van der Waals surface area contributed by atoms with E-state index >= 15 is 0 Å². The summed E-state index contributed by atoms with van der Waals surface area (Å²) in [5.41, 5.74) is 3.71. The van der Waals surface area contributed by atoms with Crippen molar-refractivity contribution in [3.8, 4) is 11.5 Å². The summed E-state index contributed by atoms with van der Waals surface area (Å²) < 4.78 is 5.72. The average Bonchev–Trinajstić information content (AvgIpc) is 2.81. The molecule has 0 unspecified atom stereocenters. The second kappa shape index (κ2) is 4.75. The second-order valence-corrected chi connectivity index (χ2v) is 4.96. The number of alkyl halides is 1. The number of benzene rings is 2. The van der Waals surface area contributed by atoms with Gasteiger partial charge in [-0.1, -0.05) is 39.7 Å². The van der Waals surface area contributed by atoms with E-state index in [0.717, 1.165) is 22.0 Å². The number of hydrogen-bond acceptors (Lipinski definition) is 2. The van der Waals surface area contributed by atoms with E-state index in [1.54, 1.807) is 0 Å². The van der Waals surface area contributed by atoms with Gasteiger partial charge in [0.25, 0.3) is 0 Å². The third-order valence-corrected chi connectivity index (χ3v) is 3.56. The van der Waals surface area contributed by atoms with E-state index in [-0.39, 0.29) is 0 Å². The maximum absolute atomic E-state index is 5.97. The fraction of sp³-hybridized carbons (Fsp3) is 0.0714. The number of rotatable bonds is 2. The van der Waals surface area contributed by atoms with Crippen LogP contribution in [0.3, 0.4) is 0 Å². The molecule has 0 bridgehead atoms. The molecule has 0 aliphatic carbocycles. The number of aromatic nitrogens is 1. The van der Waals surface area contributed by atoms with Crippen LogP contribution in [0.4, 0.5) is 0 Å². The van der Waals surface area contributed by atoms with Gasteiger partial charge in [0.1, 0.15) is 5.52 Å². The van der Waals surface area contributed by atoms with Crippen LogP contribution in [0.2, 0.25) is 5.02 Å². The molecule has 0 spiro atoms. The zero-order valence-corrected chi connectivity index (χ0v) is 11.7. The molecule has 0 atom stereocenters. The summed E-state index contributed by atoms with van der Waals surface area (Å²) in [4.78, 5) is 4.49. The zero-order chi connectivity index (χ0) is 12.5. The Hall–Kier alpha value is -1.32. The molecule has 0 saturated heterocycles. The molecule has 0 aliphatic rings. The minimum absolute atomic E-state index is 0.597. The standard InChI is InChI=1S/C14H9BrClNO/c15-8-9-4-5-13-12(6-9)17-14(18-13)10-2-1-3-11(16)7-10/h1-7H,8H2. The second-order valence-electron chi connectivity index (χ2n) is 3.97. The van der Waals surface area contributed by atoms with Crippen LogP contribution in [0.5, 0.6) is 0 Å². The van der Waals surface area contributed by atoms with Crippen LogP contribution in [-0.2, 0) is 5.33 Å². The maximum Gasteiger partial charge on any atom is 0.227 e. The van der Waals surface area contributed by atoms with E-state index in [2.05, 4.69) is 20.9 Å². The largest absolute Gasteiger partial charge is 0.436 e. The molecule has 0 aliphatic heterocycles. The molecule has 0 fully saturated rings. The van der Waals surface area contributed by atoms with Gasteiger partial charge in [-0.3, -0.25) is 0 Å². The predicted octanol–water partition coefficient (Wildman–Crippen LogP) is 5.04. The van der Waals surface area contributed by atoms with Gasteiger partial charge in [0.15, 0.2) is 5.58 Å². The van der Waals surface area contributed by atoms with Crippen LogP contribution in [-0.4, -0.2) is 4.98 Å². The lowest BCUT2D eigenvalue weighted by molar-refractivity contribution is 0.620. The molecule has 2 aromatic carbocycles. The van der Waals surface area contributed by atoms with E-state index in [4.69, 9.17) is 16.0 Å². The van der Waals surface area contributed by atoms with Crippen LogP contribution in [0.15, 0.2) is 46.9 Å². The Morgan fingerprint density at radius 2 is 2.06 bits per heavy atom. The van der Waals surface area contributed by atoms with E-state index in [0.29, 0.717) is 10.9 Å². The highest BCUT2D eigenvalue weighted by Crippen LogP contribution is 2.26. The Morgan fingerprint density at radius 1 is 1.17 bits per heavy atom. The molecule has 2 nitrogen and oxygen atoms in total. The molecule has 3 aromatic rings. The lowest BCUT2D eigenvalue weighted by Crippen LogP contribution is -1.77. The zero-order valence-electron chi connectivity index (χ0n) is 9.36. The first-order valence-corrected chi connectivity index (χ1v) is 6.97. The quantitative estimate of drug-likeness (QED) is 0.618. The Morgan fingerprint density at radius 3 is 2.83 bits per heavy atom. The first kappa shape index (κ1) is 11.8. The van der Waals surface area contributed by atoms with Crippen molar-refractivity contribution in [2.45, 2.75) is 5.33 Å². The monoisotopic (exact) mass is 321 g/mol. The van der Waals surface area contributed by atoms with Gasteiger partial charge >= 0.3 is 0 Å². The molecule has 3 rings (SSSR count). The summed E-state index contributed by atoms with van der Waals surface area (Å²) in [6.45, 7) is 0. The van der Waals surface area contributed by atoms with Gasteiger partial charge in [0.2, 0.25) is 5.89 Å². The van der Waals surface area contributed by atoms with Crippen molar-refractivity contribution < 1.29 is 4.42 Å². The van der Waals surface area contributed by atoms with Gasteiger partial charge in [-0.2, -0.15) is 0 Å². The van der Waals surface area contributed by atoms with Gasteiger partial charge in [-0.15, -0.1) is 0 Å². The molecule has 0 saturated carbocycles. The Kier molecular flexibility index (Phi) is 3.10. The van der Waals surface area contributed by atoms with Crippen LogP contribution < -0.4 is 0 Å². The van der Waals surface area contributed by atoms with Gasteiger partial charge in [-0.05, 0) is 35.9 Å². The van der Waals surface area contributed by atoms with Gasteiger partial charge in [-0.25, -0.2) is 4.98 Å². The molecular weight excluding hydrogens is 314 g/mol. The molecule has 4 heteroatoms. The maximum atomic E-state index is 5.97. The normalized spacial score (nSPS) is 11.0. The molecule has 1 aromatic heterocycles.